The maximum atomic E-state index is 12.4. The monoisotopic (exact) mass is 383 g/mol. The number of likely N-dealkylation sites (tertiary alicyclic amines) is 1. The van der Waals surface area contributed by atoms with Crippen LogP contribution in [0.5, 0.6) is 5.75 Å². The van der Waals surface area contributed by atoms with Crippen LogP contribution in [0.2, 0.25) is 0 Å². The van der Waals surface area contributed by atoms with Gasteiger partial charge in [0.1, 0.15) is 5.75 Å². The Balaban J connectivity index is 1.94. The number of ether oxygens (including phenoxy) is 1. The van der Waals surface area contributed by atoms with Crippen molar-refractivity contribution in [3.05, 3.63) is 28.2 Å². The molecular weight excluding hydrogens is 362 g/mol. The van der Waals surface area contributed by atoms with E-state index in [0.717, 1.165) is 22.2 Å². The van der Waals surface area contributed by atoms with Gasteiger partial charge >= 0.3 is 5.97 Å². The van der Waals surface area contributed by atoms with Crippen LogP contribution < -0.4 is 4.74 Å². The number of carbonyl (C=O) groups is 2. The molecular formula is C17H22BrNO4. The third kappa shape index (κ3) is 4.25. The van der Waals surface area contributed by atoms with Crippen LogP contribution in [0.4, 0.5) is 0 Å². The van der Waals surface area contributed by atoms with Crippen molar-refractivity contribution in [2.45, 2.75) is 32.6 Å². The summed E-state index contributed by atoms with van der Waals surface area (Å²) in [5, 5.41) is 9.33. The molecule has 126 valence electrons. The summed E-state index contributed by atoms with van der Waals surface area (Å²) >= 11 is 3.44. The van der Waals surface area contributed by atoms with Gasteiger partial charge in [-0.1, -0.05) is 6.07 Å². The van der Waals surface area contributed by atoms with Gasteiger partial charge in [-0.2, -0.15) is 0 Å². The van der Waals surface area contributed by atoms with Crippen molar-refractivity contribution < 1.29 is 19.4 Å². The molecule has 0 saturated carbocycles. The van der Waals surface area contributed by atoms with Crippen molar-refractivity contribution in [3.63, 3.8) is 0 Å². The first-order chi connectivity index (χ1) is 10.9. The topological polar surface area (TPSA) is 66.8 Å². The van der Waals surface area contributed by atoms with Crippen LogP contribution in [0.15, 0.2) is 22.7 Å². The van der Waals surface area contributed by atoms with Crippen molar-refractivity contribution in [2.75, 3.05) is 20.2 Å². The quantitative estimate of drug-likeness (QED) is 0.847. The molecule has 23 heavy (non-hydrogen) atoms. The van der Waals surface area contributed by atoms with Crippen LogP contribution in [-0.4, -0.2) is 42.1 Å². The number of methoxy groups -OCH3 is 1. The predicted octanol–water partition coefficient (Wildman–Crippen LogP) is 3.10. The number of hydrogen-bond donors (Lipinski definition) is 1. The standard InChI is InChI=1S/C17H22BrNO4/c1-17(16(21)22)8-3-9-19(11-17)15(20)7-5-12-4-6-14(23-2)13(18)10-12/h4,6,10H,3,5,7-9,11H2,1-2H3,(H,21,22). The van der Waals surface area contributed by atoms with E-state index in [0.29, 0.717) is 32.4 Å². The maximum absolute atomic E-state index is 12.4. The highest BCUT2D eigenvalue weighted by Crippen LogP contribution is 2.30. The number of aryl methyl sites for hydroxylation is 1. The number of carboxylic acid groups (broad SMARTS) is 1. The molecule has 1 saturated heterocycles. The summed E-state index contributed by atoms with van der Waals surface area (Å²) < 4.78 is 6.05. The fraction of sp³-hybridized carbons (Fsp3) is 0.529. The second kappa shape index (κ2) is 7.34. The van der Waals surface area contributed by atoms with Crippen LogP contribution in [0, 0.1) is 5.41 Å². The number of halogens is 1. The van der Waals surface area contributed by atoms with Crippen molar-refractivity contribution in [1.82, 2.24) is 4.90 Å². The van der Waals surface area contributed by atoms with E-state index in [-0.39, 0.29) is 5.91 Å². The van der Waals surface area contributed by atoms with E-state index >= 15 is 0 Å². The Bertz CT molecular complexity index is 604. The van der Waals surface area contributed by atoms with Gasteiger partial charge in [0.15, 0.2) is 0 Å². The van der Waals surface area contributed by atoms with E-state index in [4.69, 9.17) is 4.74 Å². The Labute approximate surface area is 144 Å². The van der Waals surface area contributed by atoms with E-state index in [1.807, 2.05) is 18.2 Å². The lowest BCUT2D eigenvalue weighted by Crippen LogP contribution is -2.48. The number of nitrogens with zero attached hydrogens (tertiary/aromatic N) is 1. The number of carboxylic acids is 1. The molecule has 5 nitrogen and oxygen atoms in total. The molecule has 2 rings (SSSR count). The van der Waals surface area contributed by atoms with E-state index in [1.54, 1.807) is 18.9 Å². The number of benzene rings is 1. The Hall–Kier alpha value is -1.56. The SMILES string of the molecule is COc1ccc(CCC(=O)N2CCCC(C)(C(=O)O)C2)cc1Br. The highest BCUT2D eigenvalue weighted by Gasteiger charge is 2.39. The van der Waals surface area contributed by atoms with Gasteiger partial charge < -0.3 is 14.7 Å². The molecule has 0 bridgehead atoms. The Morgan fingerprint density at radius 1 is 1.43 bits per heavy atom. The van der Waals surface area contributed by atoms with Crippen molar-refractivity contribution >= 4 is 27.8 Å². The fourth-order valence-electron chi connectivity index (χ4n) is 2.90. The Morgan fingerprint density at radius 3 is 2.78 bits per heavy atom. The molecule has 6 heteroatoms. The van der Waals surface area contributed by atoms with Crippen LogP contribution in [-0.2, 0) is 16.0 Å². The summed E-state index contributed by atoms with van der Waals surface area (Å²) in [7, 11) is 1.61. The van der Waals surface area contributed by atoms with Crippen molar-refractivity contribution in [2.24, 2.45) is 5.41 Å². The summed E-state index contributed by atoms with van der Waals surface area (Å²) in [4.78, 5) is 25.4. The molecule has 0 aliphatic carbocycles. The molecule has 1 aromatic rings. The molecule has 1 atom stereocenters. The number of aliphatic carboxylic acids is 1. The third-order valence-corrected chi connectivity index (χ3v) is 5.03. The zero-order valence-electron chi connectivity index (χ0n) is 13.5. The minimum atomic E-state index is -0.825. The van der Waals surface area contributed by atoms with Gasteiger partial charge in [0.25, 0.3) is 0 Å². The first-order valence-electron chi connectivity index (χ1n) is 7.69. The minimum absolute atomic E-state index is 0.0177. The molecule has 0 radical (unpaired) electrons. The van der Waals surface area contributed by atoms with Crippen molar-refractivity contribution in [1.29, 1.82) is 0 Å². The average molecular weight is 384 g/mol. The second-order valence-electron chi connectivity index (χ2n) is 6.25. The predicted molar refractivity (Wildman–Crippen MR) is 90.6 cm³/mol. The number of piperidine rings is 1. The normalized spacial score (nSPS) is 21.1. The van der Waals surface area contributed by atoms with Gasteiger partial charge in [0, 0.05) is 19.5 Å². The Morgan fingerprint density at radius 2 is 2.17 bits per heavy atom. The third-order valence-electron chi connectivity index (χ3n) is 4.41. The van der Waals surface area contributed by atoms with Gasteiger partial charge in [0.2, 0.25) is 5.91 Å². The molecule has 0 aromatic heterocycles. The molecule has 0 spiro atoms. The molecule has 1 heterocycles. The molecule has 1 fully saturated rings. The van der Waals surface area contributed by atoms with Gasteiger partial charge in [0.05, 0.1) is 17.0 Å². The first kappa shape index (κ1) is 17.8. The minimum Gasteiger partial charge on any atom is -0.496 e. The van der Waals surface area contributed by atoms with Gasteiger partial charge in [-0.15, -0.1) is 0 Å². The lowest BCUT2D eigenvalue weighted by molar-refractivity contribution is -0.153. The maximum Gasteiger partial charge on any atom is 0.311 e. The summed E-state index contributed by atoms with van der Waals surface area (Å²) in [5.74, 6) is -0.0495. The summed E-state index contributed by atoms with van der Waals surface area (Å²) in [6, 6.07) is 5.75. The van der Waals surface area contributed by atoms with Crippen LogP contribution in [0.25, 0.3) is 0 Å². The molecule has 1 unspecified atom stereocenters. The zero-order chi connectivity index (χ0) is 17.0. The molecule has 1 N–H and O–H groups in total. The zero-order valence-corrected chi connectivity index (χ0v) is 15.1. The number of amides is 1. The van der Waals surface area contributed by atoms with Crippen LogP contribution in [0.3, 0.4) is 0 Å². The molecule has 1 aliphatic heterocycles. The van der Waals surface area contributed by atoms with Crippen LogP contribution >= 0.6 is 15.9 Å². The van der Waals surface area contributed by atoms with Gasteiger partial charge in [-0.05, 0) is 59.8 Å². The molecule has 1 aliphatic rings. The van der Waals surface area contributed by atoms with E-state index in [1.165, 1.54) is 0 Å². The molecule has 1 aromatic carbocycles. The summed E-state index contributed by atoms with van der Waals surface area (Å²) in [6.07, 6.45) is 2.37. The van der Waals surface area contributed by atoms with Gasteiger partial charge in [-0.3, -0.25) is 9.59 Å². The summed E-state index contributed by atoms with van der Waals surface area (Å²) in [6.45, 7) is 2.66. The van der Waals surface area contributed by atoms with Gasteiger partial charge in [-0.25, -0.2) is 0 Å². The van der Waals surface area contributed by atoms with E-state index < -0.39 is 11.4 Å². The smallest absolute Gasteiger partial charge is 0.311 e. The van der Waals surface area contributed by atoms with Crippen LogP contribution in [0.1, 0.15) is 31.7 Å². The highest BCUT2D eigenvalue weighted by molar-refractivity contribution is 9.10. The highest BCUT2D eigenvalue weighted by atomic mass is 79.9. The number of hydrogen-bond acceptors (Lipinski definition) is 3. The Kier molecular flexibility index (Phi) is 5.68. The van der Waals surface area contributed by atoms with E-state index in [9.17, 15) is 14.7 Å². The van der Waals surface area contributed by atoms with E-state index in [2.05, 4.69) is 15.9 Å². The average Bonchev–Trinajstić information content (AvgIpc) is 2.52. The first-order valence-corrected chi connectivity index (χ1v) is 8.48. The second-order valence-corrected chi connectivity index (χ2v) is 7.11. The number of carbonyl (C=O) groups excluding carboxylic acids is 1. The summed E-state index contributed by atoms with van der Waals surface area (Å²) in [5.41, 5.74) is 0.223. The fourth-order valence-corrected chi connectivity index (χ4v) is 3.49. The largest absolute Gasteiger partial charge is 0.496 e. The lowest BCUT2D eigenvalue weighted by atomic mass is 9.82. The van der Waals surface area contributed by atoms with Crippen molar-refractivity contribution in [3.8, 4) is 5.75 Å². The lowest BCUT2D eigenvalue weighted by Gasteiger charge is -2.37. The number of rotatable bonds is 5. The molecule has 1 amide bonds.